The summed E-state index contributed by atoms with van der Waals surface area (Å²) in [6.07, 6.45) is 0. The Morgan fingerprint density at radius 3 is 2.53 bits per heavy atom. The fourth-order valence-corrected chi connectivity index (χ4v) is 2.77. The minimum atomic E-state index is -0.866. The van der Waals surface area contributed by atoms with Gasteiger partial charge in [-0.3, -0.25) is 10.1 Å². The number of nitrogens with zero attached hydrogens (tertiary/aromatic N) is 1. The number of rotatable bonds is 3. The third kappa shape index (κ3) is 3.18. The van der Waals surface area contributed by atoms with E-state index in [2.05, 4.69) is 0 Å². The van der Waals surface area contributed by atoms with Crippen molar-refractivity contribution < 1.29 is 9.31 Å². The van der Waals surface area contributed by atoms with Gasteiger partial charge in [0.1, 0.15) is 0 Å². The SMILES string of the molecule is O=[N+]([O-])c1c(F)cccc1Sc1ccc(Cl)c(Cl)c1. The quantitative estimate of drug-likeness (QED) is 0.577. The smallest absolute Gasteiger partial charge is 0.258 e. The molecule has 0 radical (unpaired) electrons. The van der Waals surface area contributed by atoms with Crippen LogP contribution in [-0.2, 0) is 0 Å². The topological polar surface area (TPSA) is 43.1 Å². The first-order chi connectivity index (χ1) is 8.99. The van der Waals surface area contributed by atoms with Gasteiger partial charge in [-0.25, -0.2) is 0 Å². The molecule has 0 saturated carbocycles. The summed E-state index contributed by atoms with van der Waals surface area (Å²) >= 11 is 12.7. The molecule has 19 heavy (non-hydrogen) atoms. The molecule has 0 saturated heterocycles. The van der Waals surface area contributed by atoms with E-state index in [0.717, 1.165) is 17.8 Å². The molecule has 0 heterocycles. The first kappa shape index (κ1) is 14.1. The van der Waals surface area contributed by atoms with Crippen LogP contribution in [0.15, 0.2) is 46.2 Å². The van der Waals surface area contributed by atoms with Crippen molar-refractivity contribution >= 4 is 40.7 Å². The van der Waals surface area contributed by atoms with Crippen molar-refractivity contribution in [3.05, 3.63) is 62.4 Å². The zero-order valence-corrected chi connectivity index (χ0v) is 11.6. The third-order valence-corrected chi connectivity index (χ3v) is 4.03. The van der Waals surface area contributed by atoms with Gasteiger partial charge in [-0.2, -0.15) is 4.39 Å². The molecule has 2 aromatic rings. The molecule has 2 aromatic carbocycles. The first-order valence-corrected chi connectivity index (χ1v) is 6.62. The van der Waals surface area contributed by atoms with E-state index >= 15 is 0 Å². The van der Waals surface area contributed by atoms with E-state index in [1.54, 1.807) is 18.2 Å². The van der Waals surface area contributed by atoms with E-state index in [1.807, 2.05) is 0 Å². The van der Waals surface area contributed by atoms with Gasteiger partial charge in [-0.1, -0.05) is 41.0 Å². The van der Waals surface area contributed by atoms with Gasteiger partial charge in [0.15, 0.2) is 0 Å². The predicted molar refractivity (Wildman–Crippen MR) is 73.6 cm³/mol. The van der Waals surface area contributed by atoms with E-state index in [1.165, 1.54) is 12.1 Å². The summed E-state index contributed by atoms with van der Waals surface area (Å²) in [5, 5.41) is 11.6. The molecule has 0 aliphatic heterocycles. The van der Waals surface area contributed by atoms with Gasteiger partial charge in [0.2, 0.25) is 5.82 Å². The van der Waals surface area contributed by atoms with Crippen LogP contribution in [0.5, 0.6) is 0 Å². The van der Waals surface area contributed by atoms with Crippen LogP contribution in [0, 0.1) is 15.9 Å². The fourth-order valence-electron chi connectivity index (χ4n) is 1.42. The van der Waals surface area contributed by atoms with Crippen molar-refractivity contribution in [3.63, 3.8) is 0 Å². The molecule has 0 N–H and O–H groups in total. The number of hydrogen-bond donors (Lipinski definition) is 0. The number of nitro groups is 1. The van der Waals surface area contributed by atoms with Crippen LogP contribution in [0.1, 0.15) is 0 Å². The zero-order valence-electron chi connectivity index (χ0n) is 9.27. The summed E-state index contributed by atoms with van der Waals surface area (Å²) in [5.74, 6) is -0.866. The highest BCUT2D eigenvalue weighted by Gasteiger charge is 2.20. The number of benzene rings is 2. The van der Waals surface area contributed by atoms with Crippen LogP contribution in [-0.4, -0.2) is 4.92 Å². The molecule has 2 rings (SSSR count). The summed E-state index contributed by atoms with van der Waals surface area (Å²) < 4.78 is 13.4. The van der Waals surface area contributed by atoms with E-state index in [9.17, 15) is 14.5 Å². The normalized spacial score (nSPS) is 10.5. The molecule has 0 amide bonds. The molecular formula is C12H6Cl2FNO2S. The Balaban J connectivity index is 2.40. The summed E-state index contributed by atoms with van der Waals surface area (Å²) in [6.45, 7) is 0. The van der Waals surface area contributed by atoms with Gasteiger partial charge in [-0.15, -0.1) is 0 Å². The molecule has 0 spiro atoms. The van der Waals surface area contributed by atoms with Gasteiger partial charge in [0, 0.05) is 4.90 Å². The molecule has 0 aliphatic rings. The van der Waals surface area contributed by atoms with Crippen molar-refractivity contribution in [2.24, 2.45) is 0 Å². The van der Waals surface area contributed by atoms with E-state index in [-0.39, 0.29) is 4.90 Å². The second kappa shape index (κ2) is 5.77. The van der Waals surface area contributed by atoms with Gasteiger partial charge in [0.25, 0.3) is 0 Å². The minimum absolute atomic E-state index is 0.211. The molecule has 7 heteroatoms. The van der Waals surface area contributed by atoms with Crippen LogP contribution in [0.2, 0.25) is 10.0 Å². The average Bonchev–Trinajstić information content (AvgIpc) is 2.33. The Bertz CT molecular complexity index is 652. The lowest BCUT2D eigenvalue weighted by Gasteiger charge is -2.04. The van der Waals surface area contributed by atoms with E-state index in [0.29, 0.717) is 14.9 Å². The largest absolute Gasteiger partial charge is 0.318 e. The Hall–Kier alpha value is -1.30. The standard InChI is InChI=1S/C12H6Cl2FNO2S/c13-8-5-4-7(6-9(8)14)19-11-3-1-2-10(15)12(11)16(17)18/h1-6H. The first-order valence-electron chi connectivity index (χ1n) is 5.05. The lowest BCUT2D eigenvalue weighted by atomic mass is 10.3. The van der Waals surface area contributed by atoms with E-state index in [4.69, 9.17) is 23.2 Å². The molecule has 3 nitrogen and oxygen atoms in total. The Kier molecular flexibility index (Phi) is 4.29. The number of para-hydroxylation sites is 1. The van der Waals surface area contributed by atoms with Crippen molar-refractivity contribution in [1.82, 2.24) is 0 Å². The van der Waals surface area contributed by atoms with Gasteiger partial charge in [-0.05, 0) is 30.3 Å². The maximum absolute atomic E-state index is 13.4. The monoisotopic (exact) mass is 317 g/mol. The van der Waals surface area contributed by atoms with Crippen molar-refractivity contribution in [3.8, 4) is 0 Å². The second-order valence-corrected chi connectivity index (χ2v) is 5.45. The van der Waals surface area contributed by atoms with Crippen LogP contribution >= 0.6 is 35.0 Å². The van der Waals surface area contributed by atoms with Crippen LogP contribution in [0.25, 0.3) is 0 Å². The number of nitro benzene ring substituents is 1. The third-order valence-electron chi connectivity index (χ3n) is 2.25. The highest BCUT2D eigenvalue weighted by atomic mass is 35.5. The maximum atomic E-state index is 13.4. The summed E-state index contributed by atoms with van der Waals surface area (Å²) in [7, 11) is 0. The Morgan fingerprint density at radius 1 is 1.16 bits per heavy atom. The average molecular weight is 318 g/mol. The van der Waals surface area contributed by atoms with Crippen LogP contribution in [0.3, 0.4) is 0 Å². The summed E-state index contributed by atoms with van der Waals surface area (Å²) in [4.78, 5) is 11.0. The predicted octanol–water partition coefficient (Wildman–Crippen LogP) is 5.19. The summed E-state index contributed by atoms with van der Waals surface area (Å²) in [5.41, 5.74) is -0.543. The highest BCUT2D eigenvalue weighted by molar-refractivity contribution is 7.99. The van der Waals surface area contributed by atoms with E-state index < -0.39 is 16.4 Å². The maximum Gasteiger partial charge on any atom is 0.318 e. The molecule has 0 bridgehead atoms. The molecule has 0 aromatic heterocycles. The number of hydrogen-bond acceptors (Lipinski definition) is 3. The Morgan fingerprint density at radius 2 is 1.89 bits per heavy atom. The molecule has 0 aliphatic carbocycles. The van der Waals surface area contributed by atoms with Gasteiger partial charge < -0.3 is 0 Å². The lowest BCUT2D eigenvalue weighted by molar-refractivity contribution is -0.390. The molecule has 0 unspecified atom stereocenters. The fraction of sp³-hybridized carbons (Fsp3) is 0. The second-order valence-electron chi connectivity index (χ2n) is 3.52. The Labute approximate surface area is 122 Å². The number of halogens is 3. The van der Waals surface area contributed by atoms with Crippen molar-refractivity contribution in [2.45, 2.75) is 9.79 Å². The van der Waals surface area contributed by atoms with Crippen molar-refractivity contribution in [1.29, 1.82) is 0 Å². The highest BCUT2D eigenvalue weighted by Crippen LogP contribution is 2.38. The van der Waals surface area contributed by atoms with Gasteiger partial charge in [0.05, 0.1) is 19.9 Å². The van der Waals surface area contributed by atoms with Gasteiger partial charge >= 0.3 is 5.69 Å². The van der Waals surface area contributed by atoms with Crippen molar-refractivity contribution in [2.75, 3.05) is 0 Å². The molecule has 0 fully saturated rings. The van der Waals surface area contributed by atoms with Crippen LogP contribution in [0.4, 0.5) is 10.1 Å². The zero-order chi connectivity index (χ0) is 14.0. The lowest BCUT2D eigenvalue weighted by Crippen LogP contribution is -1.94. The van der Waals surface area contributed by atoms with Crippen LogP contribution < -0.4 is 0 Å². The molecular weight excluding hydrogens is 312 g/mol. The minimum Gasteiger partial charge on any atom is -0.258 e. The molecule has 0 atom stereocenters. The molecule has 98 valence electrons. The summed E-state index contributed by atoms with van der Waals surface area (Å²) in [6, 6.07) is 8.77.